The summed E-state index contributed by atoms with van der Waals surface area (Å²) >= 11 is 0. The molecule has 0 aliphatic heterocycles. The van der Waals surface area contributed by atoms with Crippen LogP contribution < -0.4 is 15.2 Å². The van der Waals surface area contributed by atoms with Crippen molar-refractivity contribution in [1.82, 2.24) is 0 Å². The van der Waals surface area contributed by atoms with Crippen LogP contribution in [0.2, 0.25) is 0 Å². The van der Waals surface area contributed by atoms with E-state index in [1.54, 1.807) is 14.2 Å². The number of halogens is 1. The molecule has 0 saturated carbocycles. The molecule has 0 spiro atoms. The zero-order chi connectivity index (χ0) is 12.8. The summed E-state index contributed by atoms with van der Waals surface area (Å²) < 4.78 is 10.8. The average Bonchev–Trinajstić information content (AvgIpc) is 2.30. The topological polar surface area (TPSA) is 44.5 Å². The predicted molar refractivity (Wildman–Crippen MR) is 78.1 cm³/mol. The first-order chi connectivity index (χ1) is 8.12. The quantitative estimate of drug-likeness (QED) is 0.867. The second-order valence-corrected chi connectivity index (χ2v) is 4.41. The molecule has 1 aromatic rings. The van der Waals surface area contributed by atoms with Gasteiger partial charge in [0.25, 0.3) is 0 Å². The first-order valence-corrected chi connectivity index (χ1v) is 6.11. The molecule has 0 aliphatic carbocycles. The monoisotopic (exact) mass is 273 g/mol. The van der Waals surface area contributed by atoms with E-state index in [1.165, 1.54) is 5.56 Å². The van der Waals surface area contributed by atoms with Gasteiger partial charge in [-0.25, -0.2) is 0 Å². The standard InChI is InChI=1S/C14H23NO2.ClH/c1-5-6-11-8-14(17-4)12(7-10(2)15)9-13(11)16-3;/h8-10H,5-7,15H2,1-4H3;1H. The molecule has 0 amide bonds. The minimum absolute atomic E-state index is 0. The van der Waals surface area contributed by atoms with Gasteiger partial charge >= 0.3 is 0 Å². The summed E-state index contributed by atoms with van der Waals surface area (Å²) in [4.78, 5) is 0. The van der Waals surface area contributed by atoms with Gasteiger partial charge in [0.15, 0.2) is 0 Å². The van der Waals surface area contributed by atoms with E-state index in [0.29, 0.717) is 0 Å². The molecule has 0 saturated heterocycles. The molecule has 0 aromatic heterocycles. The van der Waals surface area contributed by atoms with E-state index in [2.05, 4.69) is 13.0 Å². The number of hydrogen-bond acceptors (Lipinski definition) is 3. The van der Waals surface area contributed by atoms with E-state index in [1.807, 2.05) is 13.0 Å². The van der Waals surface area contributed by atoms with Crippen LogP contribution in [-0.4, -0.2) is 20.3 Å². The smallest absolute Gasteiger partial charge is 0.122 e. The van der Waals surface area contributed by atoms with E-state index in [4.69, 9.17) is 15.2 Å². The maximum atomic E-state index is 5.84. The first-order valence-electron chi connectivity index (χ1n) is 6.11. The first kappa shape index (κ1) is 17.1. The van der Waals surface area contributed by atoms with E-state index in [9.17, 15) is 0 Å². The molecule has 4 heteroatoms. The van der Waals surface area contributed by atoms with E-state index >= 15 is 0 Å². The molecule has 1 aromatic carbocycles. The third-order valence-corrected chi connectivity index (χ3v) is 2.74. The Kier molecular flexibility index (Phi) is 7.80. The van der Waals surface area contributed by atoms with Gasteiger partial charge in [-0.2, -0.15) is 0 Å². The van der Waals surface area contributed by atoms with E-state index in [-0.39, 0.29) is 18.4 Å². The van der Waals surface area contributed by atoms with Crippen LogP contribution in [0, 0.1) is 0 Å². The SMILES string of the molecule is CCCc1cc(OC)c(CC(C)N)cc1OC.Cl. The Balaban J connectivity index is 0.00000289. The van der Waals surface area contributed by atoms with Crippen LogP contribution in [0.5, 0.6) is 11.5 Å². The second-order valence-electron chi connectivity index (χ2n) is 4.41. The maximum Gasteiger partial charge on any atom is 0.122 e. The van der Waals surface area contributed by atoms with Crippen LogP contribution in [0.3, 0.4) is 0 Å². The largest absolute Gasteiger partial charge is 0.496 e. The lowest BCUT2D eigenvalue weighted by atomic mass is 10.0. The lowest BCUT2D eigenvalue weighted by Gasteiger charge is -2.15. The summed E-state index contributed by atoms with van der Waals surface area (Å²) in [5.74, 6) is 1.84. The molecule has 1 unspecified atom stereocenters. The van der Waals surface area contributed by atoms with Crippen LogP contribution >= 0.6 is 12.4 Å². The average molecular weight is 274 g/mol. The summed E-state index contributed by atoms with van der Waals surface area (Å²) in [6.07, 6.45) is 2.89. The Hall–Kier alpha value is -0.930. The number of rotatable bonds is 6. The number of hydrogen-bond donors (Lipinski definition) is 1. The molecule has 0 radical (unpaired) electrons. The second kappa shape index (κ2) is 8.22. The Morgan fingerprint density at radius 2 is 1.61 bits per heavy atom. The Morgan fingerprint density at radius 3 is 2.06 bits per heavy atom. The van der Waals surface area contributed by atoms with Gasteiger partial charge in [-0.15, -0.1) is 12.4 Å². The van der Waals surface area contributed by atoms with Crippen molar-refractivity contribution in [3.8, 4) is 11.5 Å². The van der Waals surface area contributed by atoms with Crippen molar-refractivity contribution >= 4 is 12.4 Å². The third-order valence-electron chi connectivity index (χ3n) is 2.74. The van der Waals surface area contributed by atoms with Crippen molar-refractivity contribution in [2.45, 2.75) is 39.2 Å². The highest BCUT2D eigenvalue weighted by atomic mass is 35.5. The fourth-order valence-corrected chi connectivity index (χ4v) is 2.00. The summed E-state index contributed by atoms with van der Waals surface area (Å²) in [7, 11) is 3.40. The number of aryl methyl sites for hydroxylation is 1. The normalized spacial score (nSPS) is 11.6. The Morgan fingerprint density at radius 1 is 1.11 bits per heavy atom. The van der Waals surface area contributed by atoms with Crippen LogP contribution in [0.25, 0.3) is 0 Å². The van der Waals surface area contributed by atoms with Gasteiger partial charge in [-0.3, -0.25) is 0 Å². The van der Waals surface area contributed by atoms with E-state index in [0.717, 1.165) is 36.3 Å². The molecule has 2 N–H and O–H groups in total. The molecule has 1 atom stereocenters. The number of benzene rings is 1. The fraction of sp³-hybridized carbons (Fsp3) is 0.571. The molecule has 18 heavy (non-hydrogen) atoms. The van der Waals surface area contributed by atoms with Gasteiger partial charge in [-0.05, 0) is 43.0 Å². The van der Waals surface area contributed by atoms with Crippen molar-refractivity contribution in [3.05, 3.63) is 23.3 Å². The molecule has 1 rings (SSSR count). The van der Waals surface area contributed by atoms with Crippen molar-refractivity contribution in [1.29, 1.82) is 0 Å². The molecule has 0 aliphatic rings. The molecular weight excluding hydrogens is 250 g/mol. The van der Waals surface area contributed by atoms with Crippen molar-refractivity contribution in [3.63, 3.8) is 0 Å². The molecule has 104 valence electrons. The lowest BCUT2D eigenvalue weighted by molar-refractivity contribution is 0.393. The number of methoxy groups -OCH3 is 2. The van der Waals surface area contributed by atoms with Gasteiger partial charge in [0, 0.05) is 6.04 Å². The predicted octanol–water partition coefficient (Wildman–Crippen LogP) is 2.97. The van der Waals surface area contributed by atoms with Crippen LogP contribution in [0.4, 0.5) is 0 Å². The van der Waals surface area contributed by atoms with Crippen LogP contribution in [-0.2, 0) is 12.8 Å². The number of ether oxygens (including phenoxy) is 2. The van der Waals surface area contributed by atoms with E-state index < -0.39 is 0 Å². The summed E-state index contributed by atoms with van der Waals surface area (Å²) in [5.41, 5.74) is 8.14. The zero-order valence-corrected chi connectivity index (χ0v) is 12.5. The summed E-state index contributed by atoms with van der Waals surface area (Å²) in [6, 6.07) is 4.23. The lowest BCUT2D eigenvalue weighted by Crippen LogP contribution is -2.18. The highest BCUT2D eigenvalue weighted by molar-refractivity contribution is 5.85. The molecule has 0 fully saturated rings. The molecule has 0 heterocycles. The van der Waals surface area contributed by atoms with Crippen molar-refractivity contribution in [2.24, 2.45) is 5.73 Å². The van der Waals surface area contributed by atoms with Gasteiger partial charge in [0.2, 0.25) is 0 Å². The fourth-order valence-electron chi connectivity index (χ4n) is 2.00. The zero-order valence-electron chi connectivity index (χ0n) is 11.7. The maximum absolute atomic E-state index is 5.84. The summed E-state index contributed by atoms with van der Waals surface area (Å²) in [6.45, 7) is 4.15. The Labute approximate surface area is 116 Å². The Bertz CT molecular complexity index is 367. The van der Waals surface area contributed by atoms with Crippen LogP contribution in [0.1, 0.15) is 31.4 Å². The summed E-state index contributed by atoms with van der Waals surface area (Å²) in [5, 5.41) is 0. The highest BCUT2D eigenvalue weighted by Crippen LogP contribution is 2.30. The number of nitrogens with two attached hydrogens (primary N) is 1. The minimum atomic E-state index is 0. The van der Waals surface area contributed by atoms with Crippen molar-refractivity contribution in [2.75, 3.05) is 14.2 Å². The van der Waals surface area contributed by atoms with Crippen molar-refractivity contribution < 1.29 is 9.47 Å². The molecular formula is C14H24ClNO2. The highest BCUT2D eigenvalue weighted by Gasteiger charge is 2.11. The van der Waals surface area contributed by atoms with Gasteiger partial charge in [-0.1, -0.05) is 13.3 Å². The van der Waals surface area contributed by atoms with Gasteiger partial charge < -0.3 is 15.2 Å². The van der Waals surface area contributed by atoms with Gasteiger partial charge in [0.1, 0.15) is 11.5 Å². The molecule has 3 nitrogen and oxygen atoms in total. The molecule has 0 bridgehead atoms. The minimum Gasteiger partial charge on any atom is -0.496 e. The van der Waals surface area contributed by atoms with Gasteiger partial charge in [0.05, 0.1) is 14.2 Å². The van der Waals surface area contributed by atoms with Crippen LogP contribution in [0.15, 0.2) is 12.1 Å². The third kappa shape index (κ3) is 4.39.